The molecule has 0 fully saturated rings. The molecule has 1 atom stereocenters. The lowest BCUT2D eigenvalue weighted by Gasteiger charge is -2.23. The van der Waals surface area contributed by atoms with Gasteiger partial charge in [-0.1, -0.05) is 0 Å². The minimum Gasteiger partial charge on any atom is -0.495 e. The molecule has 1 unspecified atom stereocenters. The quantitative estimate of drug-likeness (QED) is 0.783. The summed E-state index contributed by atoms with van der Waals surface area (Å²) in [6, 6.07) is 4.12. The van der Waals surface area contributed by atoms with E-state index in [0.29, 0.717) is 17.1 Å². The zero-order valence-corrected chi connectivity index (χ0v) is 11.7. The summed E-state index contributed by atoms with van der Waals surface area (Å²) in [5.74, 6) is 0.0494. The van der Waals surface area contributed by atoms with Crippen LogP contribution < -0.4 is 15.8 Å². The van der Waals surface area contributed by atoms with E-state index in [-0.39, 0.29) is 0 Å². The van der Waals surface area contributed by atoms with E-state index < -0.39 is 24.9 Å². The summed E-state index contributed by atoms with van der Waals surface area (Å²) in [4.78, 5) is 13.3. The van der Waals surface area contributed by atoms with Gasteiger partial charge >= 0.3 is 0 Å². The highest BCUT2D eigenvalue weighted by molar-refractivity contribution is 5.96. The summed E-state index contributed by atoms with van der Waals surface area (Å²) in [5, 5.41) is 2.63. The summed E-state index contributed by atoms with van der Waals surface area (Å²) in [6.45, 7) is 1.08. The van der Waals surface area contributed by atoms with Gasteiger partial charge in [0.15, 0.2) is 0 Å². The van der Waals surface area contributed by atoms with Gasteiger partial charge in [-0.3, -0.25) is 9.69 Å². The van der Waals surface area contributed by atoms with Gasteiger partial charge in [0.05, 0.1) is 25.4 Å². The summed E-state index contributed by atoms with van der Waals surface area (Å²) in [6.07, 6.45) is -2.49. The molecule has 0 saturated heterocycles. The summed E-state index contributed by atoms with van der Waals surface area (Å²) in [5.41, 5.74) is 6.52. The number of nitrogens with one attached hydrogen (secondary N) is 1. The third-order valence-corrected chi connectivity index (χ3v) is 2.95. The van der Waals surface area contributed by atoms with Crippen LogP contribution in [0.4, 0.5) is 20.2 Å². The molecule has 0 aromatic heterocycles. The molecular formula is C13H19F2N3O2. The van der Waals surface area contributed by atoms with Crippen LogP contribution in [0.25, 0.3) is 0 Å². The summed E-state index contributed by atoms with van der Waals surface area (Å²) >= 11 is 0. The van der Waals surface area contributed by atoms with Crippen molar-refractivity contribution in [3.63, 3.8) is 0 Å². The predicted molar refractivity (Wildman–Crippen MR) is 74.1 cm³/mol. The van der Waals surface area contributed by atoms with Crippen molar-refractivity contribution in [3.05, 3.63) is 18.2 Å². The molecule has 5 nitrogen and oxygen atoms in total. The molecule has 1 aromatic rings. The molecule has 0 spiro atoms. The van der Waals surface area contributed by atoms with Crippen molar-refractivity contribution >= 4 is 17.3 Å². The molecule has 0 aliphatic rings. The third-order valence-electron chi connectivity index (χ3n) is 2.95. The van der Waals surface area contributed by atoms with Crippen LogP contribution in [0.5, 0.6) is 5.75 Å². The second-order valence-electron chi connectivity index (χ2n) is 4.46. The number of hydrogen-bond donors (Lipinski definition) is 2. The molecule has 1 rings (SSSR count). The van der Waals surface area contributed by atoms with Gasteiger partial charge in [0, 0.05) is 5.69 Å². The van der Waals surface area contributed by atoms with Gasteiger partial charge in [-0.2, -0.15) is 0 Å². The highest BCUT2D eigenvalue weighted by Gasteiger charge is 2.21. The molecule has 1 amide bonds. The van der Waals surface area contributed by atoms with E-state index in [1.807, 2.05) is 0 Å². The van der Waals surface area contributed by atoms with Gasteiger partial charge in [0.25, 0.3) is 6.43 Å². The van der Waals surface area contributed by atoms with Crippen LogP contribution in [0.1, 0.15) is 6.92 Å². The summed E-state index contributed by atoms with van der Waals surface area (Å²) in [7, 11) is 2.93. The Hall–Kier alpha value is -1.89. The standard InChI is InChI=1S/C13H19F2N3O2/c1-8(18(2)7-12(14)15)13(19)17-10-6-9(16)4-5-11(10)20-3/h4-6,8,12H,7,16H2,1-3H3,(H,17,19). The minimum atomic E-state index is -2.49. The van der Waals surface area contributed by atoms with Crippen LogP contribution in [0, 0.1) is 0 Å². The normalized spacial score (nSPS) is 12.6. The smallest absolute Gasteiger partial charge is 0.251 e. The van der Waals surface area contributed by atoms with Crippen molar-refractivity contribution < 1.29 is 18.3 Å². The molecule has 0 saturated carbocycles. The first kappa shape index (κ1) is 16.2. The molecule has 0 aliphatic carbocycles. The maximum atomic E-state index is 12.3. The van der Waals surface area contributed by atoms with Crippen molar-refractivity contribution in [1.82, 2.24) is 4.90 Å². The zero-order chi connectivity index (χ0) is 15.3. The maximum Gasteiger partial charge on any atom is 0.251 e. The Bertz CT molecular complexity index is 469. The number of anilines is 2. The number of rotatable bonds is 6. The van der Waals surface area contributed by atoms with Crippen LogP contribution in [0.15, 0.2) is 18.2 Å². The van der Waals surface area contributed by atoms with Gasteiger partial charge in [0.1, 0.15) is 5.75 Å². The average Bonchev–Trinajstić information content (AvgIpc) is 2.37. The van der Waals surface area contributed by atoms with Gasteiger partial charge < -0.3 is 15.8 Å². The van der Waals surface area contributed by atoms with Crippen molar-refractivity contribution in [2.45, 2.75) is 19.4 Å². The number of ether oxygens (including phenoxy) is 1. The molecule has 1 aromatic carbocycles. The first-order valence-corrected chi connectivity index (χ1v) is 6.08. The number of nitrogens with zero attached hydrogens (tertiary/aromatic N) is 1. The van der Waals surface area contributed by atoms with Crippen LogP contribution in [-0.2, 0) is 4.79 Å². The molecule has 3 N–H and O–H groups in total. The fourth-order valence-electron chi connectivity index (χ4n) is 1.64. The number of halogens is 2. The van der Waals surface area contributed by atoms with Crippen molar-refractivity contribution in [2.75, 3.05) is 31.8 Å². The van der Waals surface area contributed by atoms with E-state index >= 15 is 0 Å². The van der Waals surface area contributed by atoms with E-state index in [1.54, 1.807) is 25.1 Å². The molecule has 0 aliphatic heterocycles. The van der Waals surface area contributed by atoms with Gasteiger partial charge in [-0.25, -0.2) is 8.78 Å². The largest absolute Gasteiger partial charge is 0.495 e. The van der Waals surface area contributed by atoms with E-state index in [0.717, 1.165) is 0 Å². The molecule has 20 heavy (non-hydrogen) atoms. The van der Waals surface area contributed by atoms with Crippen LogP contribution in [0.2, 0.25) is 0 Å². The Labute approximate surface area is 116 Å². The lowest BCUT2D eigenvalue weighted by molar-refractivity contribution is -0.120. The number of carbonyl (C=O) groups is 1. The van der Waals surface area contributed by atoms with Crippen LogP contribution in [0.3, 0.4) is 0 Å². The van der Waals surface area contributed by atoms with E-state index in [9.17, 15) is 13.6 Å². The monoisotopic (exact) mass is 287 g/mol. The van der Waals surface area contributed by atoms with E-state index in [2.05, 4.69) is 5.32 Å². The molecular weight excluding hydrogens is 268 g/mol. The number of nitrogens with two attached hydrogens (primary N) is 1. The van der Waals surface area contributed by atoms with Gasteiger partial charge in [-0.05, 0) is 32.2 Å². The number of amides is 1. The highest BCUT2D eigenvalue weighted by Crippen LogP contribution is 2.26. The lowest BCUT2D eigenvalue weighted by Crippen LogP contribution is -2.41. The molecule has 0 heterocycles. The Morgan fingerprint density at radius 3 is 2.70 bits per heavy atom. The Kier molecular flexibility index (Phi) is 5.69. The fourth-order valence-corrected chi connectivity index (χ4v) is 1.64. The maximum absolute atomic E-state index is 12.3. The number of hydrogen-bond acceptors (Lipinski definition) is 4. The number of alkyl halides is 2. The zero-order valence-electron chi connectivity index (χ0n) is 11.7. The lowest BCUT2D eigenvalue weighted by atomic mass is 10.2. The highest BCUT2D eigenvalue weighted by atomic mass is 19.3. The Morgan fingerprint density at radius 2 is 2.15 bits per heavy atom. The first-order chi connectivity index (χ1) is 9.35. The number of nitrogen functional groups attached to an aromatic ring is 1. The SMILES string of the molecule is COc1ccc(N)cc1NC(=O)C(C)N(C)CC(F)F. The number of likely N-dealkylation sites (N-methyl/N-ethyl adjacent to an activating group) is 1. The third kappa shape index (κ3) is 4.34. The number of carbonyl (C=O) groups excluding carboxylic acids is 1. The topological polar surface area (TPSA) is 67.6 Å². The second-order valence-corrected chi connectivity index (χ2v) is 4.46. The minimum absolute atomic E-state index is 0.406. The fraction of sp³-hybridized carbons (Fsp3) is 0.462. The molecule has 7 heteroatoms. The first-order valence-electron chi connectivity index (χ1n) is 6.08. The van der Waals surface area contributed by atoms with E-state index in [1.165, 1.54) is 19.1 Å². The number of methoxy groups -OCH3 is 1. The van der Waals surface area contributed by atoms with Crippen LogP contribution >= 0.6 is 0 Å². The van der Waals surface area contributed by atoms with Gasteiger partial charge in [-0.15, -0.1) is 0 Å². The molecule has 0 radical (unpaired) electrons. The molecule has 0 bridgehead atoms. The van der Waals surface area contributed by atoms with Crippen molar-refractivity contribution in [1.29, 1.82) is 0 Å². The van der Waals surface area contributed by atoms with Crippen molar-refractivity contribution in [2.24, 2.45) is 0 Å². The van der Waals surface area contributed by atoms with E-state index in [4.69, 9.17) is 10.5 Å². The van der Waals surface area contributed by atoms with Gasteiger partial charge in [0.2, 0.25) is 5.91 Å². The Balaban J connectivity index is 2.77. The predicted octanol–water partition coefficient (Wildman–Crippen LogP) is 1.80. The second kappa shape index (κ2) is 7.04. The molecule has 112 valence electrons. The number of benzene rings is 1. The van der Waals surface area contributed by atoms with Crippen molar-refractivity contribution in [3.8, 4) is 5.75 Å². The summed E-state index contributed by atoms with van der Waals surface area (Å²) < 4.78 is 29.7. The van der Waals surface area contributed by atoms with Crippen LogP contribution in [-0.4, -0.2) is 44.0 Å². The average molecular weight is 287 g/mol. The Morgan fingerprint density at radius 1 is 1.50 bits per heavy atom.